The van der Waals surface area contributed by atoms with Crippen LogP contribution in [0.25, 0.3) is 0 Å². The summed E-state index contributed by atoms with van der Waals surface area (Å²) in [6.07, 6.45) is 47.0. The predicted octanol–water partition coefficient (Wildman–Crippen LogP) is 14.2. The summed E-state index contributed by atoms with van der Waals surface area (Å²) in [6.45, 7) is 6.47. The number of allylic oxidation sites excluding steroid dienone is 2. The Bertz CT molecular complexity index is 832. The number of rotatable bonds is 44. The van der Waals surface area contributed by atoms with Crippen LogP contribution in [0, 0.1) is 0 Å². The van der Waals surface area contributed by atoms with Gasteiger partial charge in [0.1, 0.15) is 6.10 Å². The number of unbranched alkanes of at least 4 members (excludes halogenated alkanes) is 30. The molecule has 0 saturated carbocycles. The zero-order valence-electron chi connectivity index (χ0n) is 37.1. The van der Waals surface area contributed by atoms with E-state index in [0.29, 0.717) is 19.3 Å². The lowest BCUT2D eigenvalue weighted by atomic mass is 10.0. The molecule has 0 spiro atoms. The molecule has 0 aliphatic carbocycles. The summed E-state index contributed by atoms with van der Waals surface area (Å²) in [5, 5.41) is 23.7. The summed E-state index contributed by atoms with van der Waals surface area (Å²) < 4.78 is 5.91. The number of carbonyl (C=O) groups excluding carboxylic acids is 2. The minimum Gasteiger partial charge on any atom is -0.462 e. The fourth-order valence-corrected chi connectivity index (χ4v) is 7.60. The SMILES string of the molecule is CCCCCCCCC/C=C/CCCCCC(CC(=O)NC(CO)C(O)CCCCCCCCCCCCC)OC(=O)CCCCCCCCCCCCC. The van der Waals surface area contributed by atoms with E-state index < -0.39 is 18.2 Å². The van der Waals surface area contributed by atoms with Crippen molar-refractivity contribution in [3.05, 3.63) is 12.2 Å². The average Bonchev–Trinajstić information content (AvgIpc) is 3.18. The number of amides is 1. The van der Waals surface area contributed by atoms with Crippen molar-refractivity contribution < 1.29 is 24.5 Å². The summed E-state index contributed by atoms with van der Waals surface area (Å²) in [7, 11) is 0. The maximum absolute atomic E-state index is 13.1. The molecule has 0 radical (unpaired) electrons. The number of ether oxygens (including phenoxy) is 1. The molecule has 0 heterocycles. The number of hydrogen-bond donors (Lipinski definition) is 3. The minimum absolute atomic E-state index is 0.0734. The number of carbonyl (C=O) groups is 2. The van der Waals surface area contributed by atoms with Gasteiger partial charge in [0, 0.05) is 6.42 Å². The monoisotopic (exact) mass is 778 g/mol. The van der Waals surface area contributed by atoms with Crippen LogP contribution in [0.5, 0.6) is 0 Å². The van der Waals surface area contributed by atoms with E-state index in [-0.39, 0.29) is 24.9 Å². The Hall–Kier alpha value is -1.40. The Morgan fingerprint density at radius 1 is 0.509 bits per heavy atom. The topological polar surface area (TPSA) is 95.9 Å². The first-order chi connectivity index (χ1) is 27.0. The third-order valence-corrected chi connectivity index (χ3v) is 11.3. The first-order valence-corrected chi connectivity index (χ1v) is 24.4. The van der Waals surface area contributed by atoms with Gasteiger partial charge in [-0.25, -0.2) is 0 Å². The fourth-order valence-electron chi connectivity index (χ4n) is 7.60. The number of aliphatic hydroxyl groups excluding tert-OH is 2. The van der Waals surface area contributed by atoms with Gasteiger partial charge < -0.3 is 20.3 Å². The third kappa shape index (κ3) is 39.2. The van der Waals surface area contributed by atoms with Crippen LogP contribution < -0.4 is 5.32 Å². The lowest BCUT2D eigenvalue weighted by Gasteiger charge is -2.24. The number of esters is 1. The van der Waals surface area contributed by atoms with Gasteiger partial charge in [0.05, 0.1) is 25.2 Å². The smallest absolute Gasteiger partial charge is 0.306 e. The Kier molecular flexibility index (Phi) is 42.6. The number of aliphatic hydroxyl groups is 2. The Morgan fingerprint density at radius 2 is 0.873 bits per heavy atom. The van der Waals surface area contributed by atoms with Crippen molar-refractivity contribution in [1.82, 2.24) is 5.32 Å². The fraction of sp³-hybridized carbons (Fsp3) is 0.918. The van der Waals surface area contributed by atoms with E-state index in [4.69, 9.17) is 4.74 Å². The van der Waals surface area contributed by atoms with Crippen molar-refractivity contribution in [1.29, 1.82) is 0 Å². The molecule has 3 N–H and O–H groups in total. The Labute approximate surface area is 342 Å². The van der Waals surface area contributed by atoms with Gasteiger partial charge in [0.15, 0.2) is 0 Å². The van der Waals surface area contributed by atoms with Gasteiger partial charge in [-0.1, -0.05) is 213 Å². The molecule has 0 fully saturated rings. The summed E-state index contributed by atoms with van der Waals surface area (Å²) in [5.41, 5.74) is 0. The molecule has 0 bridgehead atoms. The standard InChI is InChI=1S/C49H95NO5/c1-4-7-10-13-16-19-22-23-24-27-28-31-34-37-40-45(55-49(54)42-39-36-33-30-26-21-18-15-12-9-6-3)43-48(53)50-46(44-51)47(52)41-38-35-32-29-25-20-17-14-11-8-5-2/h24,27,45-47,51-52H,4-23,25-26,28-44H2,1-3H3,(H,50,53)/b27-24+. The molecular formula is C49H95NO5. The molecule has 0 aliphatic rings. The molecule has 0 aliphatic heterocycles. The molecule has 6 heteroatoms. The van der Waals surface area contributed by atoms with Gasteiger partial charge in [-0.05, 0) is 51.4 Å². The van der Waals surface area contributed by atoms with Crippen LogP contribution in [0.3, 0.4) is 0 Å². The summed E-state index contributed by atoms with van der Waals surface area (Å²) in [4.78, 5) is 26.0. The first kappa shape index (κ1) is 53.6. The molecule has 0 aromatic carbocycles. The van der Waals surface area contributed by atoms with Crippen molar-refractivity contribution in [2.24, 2.45) is 0 Å². The highest BCUT2D eigenvalue weighted by Crippen LogP contribution is 2.18. The molecule has 0 rings (SSSR count). The lowest BCUT2D eigenvalue weighted by molar-refractivity contribution is -0.151. The average molecular weight is 778 g/mol. The predicted molar refractivity (Wildman–Crippen MR) is 237 cm³/mol. The van der Waals surface area contributed by atoms with Gasteiger partial charge in [0.2, 0.25) is 5.91 Å². The van der Waals surface area contributed by atoms with Gasteiger partial charge in [0.25, 0.3) is 0 Å². The van der Waals surface area contributed by atoms with Crippen LogP contribution in [0.1, 0.15) is 265 Å². The normalized spacial score (nSPS) is 13.3. The molecule has 0 aromatic rings. The highest BCUT2D eigenvalue weighted by molar-refractivity contribution is 5.77. The van der Waals surface area contributed by atoms with Gasteiger partial charge in [-0.3, -0.25) is 9.59 Å². The van der Waals surface area contributed by atoms with Crippen LogP contribution in [-0.4, -0.2) is 46.9 Å². The maximum Gasteiger partial charge on any atom is 0.306 e. The molecule has 0 aromatic heterocycles. The van der Waals surface area contributed by atoms with Crippen molar-refractivity contribution in [3.63, 3.8) is 0 Å². The van der Waals surface area contributed by atoms with Gasteiger partial charge >= 0.3 is 5.97 Å². The van der Waals surface area contributed by atoms with Crippen LogP contribution in [0.15, 0.2) is 12.2 Å². The van der Waals surface area contributed by atoms with E-state index in [1.54, 1.807) is 0 Å². The second-order valence-corrected chi connectivity index (χ2v) is 16.9. The lowest BCUT2D eigenvalue weighted by Crippen LogP contribution is -2.46. The zero-order chi connectivity index (χ0) is 40.3. The van der Waals surface area contributed by atoms with E-state index in [1.165, 1.54) is 161 Å². The first-order valence-electron chi connectivity index (χ1n) is 24.4. The molecule has 3 unspecified atom stereocenters. The molecule has 6 nitrogen and oxygen atoms in total. The van der Waals surface area contributed by atoms with E-state index >= 15 is 0 Å². The van der Waals surface area contributed by atoms with Gasteiger partial charge in [-0.15, -0.1) is 0 Å². The highest BCUT2D eigenvalue weighted by atomic mass is 16.5. The van der Waals surface area contributed by atoms with E-state index in [1.807, 2.05) is 0 Å². The molecular weight excluding hydrogens is 683 g/mol. The largest absolute Gasteiger partial charge is 0.462 e. The van der Waals surface area contributed by atoms with Crippen LogP contribution >= 0.6 is 0 Å². The molecule has 55 heavy (non-hydrogen) atoms. The highest BCUT2D eigenvalue weighted by Gasteiger charge is 2.24. The summed E-state index contributed by atoms with van der Waals surface area (Å²) in [6, 6.07) is -0.698. The molecule has 3 atom stereocenters. The third-order valence-electron chi connectivity index (χ3n) is 11.3. The molecule has 0 saturated heterocycles. The van der Waals surface area contributed by atoms with Crippen molar-refractivity contribution in [2.45, 2.75) is 283 Å². The van der Waals surface area contributed by atoms with E-state index in [2.05, 4.69) is 38.2 Å². The quantitative estimate of drug-likeness (QED) is 0.0325. The van der Waals surface area contributed by atoms with Crippen LogP contribution in [-0.2, 0) is 14.3 Å². The summed E-state index contributed by atoms with van der Waals surface area (Å²) >= 11 is 0. The molecule has 326 valence electrons. The maximum atomic E-state index is 13.1. The summed E-state index contributed by atoms with van der Waals surface area (Å²) in [5.74, 6) is -0.477. The van der Waals surface area contributed by atoms with Crippen LogP contribution in [0.2, 0.25) is 0 Å². The van der Waals surface area contributed by atoms with E-state index in [0.717, 1.165) is 57.8 Å². The number of nitrogens with one attached hydrogen (secondary N) is 1. The van der Waals surface area contributed by atoms with Crippen molar-refractivity contribution in [2.75, 3.05) is 6.61 Å². The Balaban J connectivity index is 4.58. The number of hydrogen-bond acceptors (Lipinski definition) is 5. The van der Waals surface area contributed by atoms with Crippen LogP contribution in [0.4, 0.5) is 0 Å². The van der Waals surface area contributed by atoms with E-state index in [9.17, 15) is 19.8 Å². The molecule has 1 amide bonds. The van der Waals surface area contributed by atoms with Crippen molar-refractivity contribution >= 4 is 11.9 Å². The van der Waals surface area contributed by atoms with Crippen molar-refractivity contribution in [3.8, 4) is 0 Å². The van der Waals surface area contributed by atoms with Gasteiger partial charge in [-0.2, -0.15) is 0 Å². The zero-order valence-corrected chi connectivity index (χ0v) is 37.1. The second kappa shape index (κ2) is 43.7. The Morgan fingerprint density at radius 3 is 1.31 bits per heavy atom. The second-order valence-electron chi connectivity index (χ2n) is 16.9. The minimum atomic E-state index is -0.784.